The average Bonchev–Trinajstić information content (AvgIpc) is 3.59. The van der Waals surface area contributed by atoms with Crippen LogP contribution in [0.5, 0.6) is 0 Å². The highest BCUT2D eigenvalue weighted by molar-refractivity contribution is 7.47. The molecular formula is C76H148O17P2. The van der Waals surface area contributed by atoms with Crippen LogP contribution in [0.1, 0.15) is 389 Å². The molecule has 0 saturated carbocycles. The third-order valence-corrected chi connectivity index (χ3v) is 19.5. The molecule has 0 bridgehead atoms. The number of rotatable bonds is 74. The third kappa shape index (κ3) is 70.3. The van der Waals surface area contributed by atoms with Crippen molar-refractivity contribution in [2.24, 2.45) is 17.8 Å². The lowest BCUT2D eigenvalue weighted by Crippen LogP contribution is -2.30. The van der Waals surface area contributed by atoms with Crippen LogP contribution >= 0.6 is 15.6 Å². The zero-order chi connectivity index (χ0) is 70.1. The number of esters is 4. The Balaban J connectivity index is 5.21. The van der Waals surface area contributed by atoms with E-state index < -0.39 is 97.5 Å². The molecule has 0 aliphatic heterocycles. The lowest BCUT2D eigenvalue weighted by molar-refractivity contribution is -0.161. The van der Waals surface area contributed by atoms with Gasteiger partial charge in [0, 0.05) is 25.7 Å². The van der Waals surface area contributed by atoms with Crippen LogP contribution in [-0.4, -0.2) is 96.7 Å². The van der Waals surface area contributed by atoms with Crippen molar-refractivity contribution in [2.45, 2.75) is 407 Å². The van der Waals surface area contributed by atoms with Gasteiger partial charge < -0.3 is 33.8 Å². The Bertz CT molecular complexity index is 1850. The van der Waals surface area contributed by atoms with Gasteiger partial charge in [-0.15, -0.1) is 0 Å². The number of hydrogen-bond donors (Lipinski definition) is 3. The van der Waals surface area contributed by atoms with Gasteiger partial charge in [0.1, 0.15) is 19.3 Å². The monoisotopic (exact) mass is 1400 g/mol. The second kappa shape index (κ2) is 66.6. The van der Waals surface area contributed by atoms with Crippen molar-refractivity contribution < 1.29 is 80.2 Å². The van der Waals surface area contributed by atoms with Crippen LogP contribution < -0.4 is 0 Å². The zero-order valence-electron chi connectivity index (χ0n) is 62.1. The summed E-state index contributed by atoms with van der Waals surface area (Å²) in [5, 5.41) is 10.6. The molecule has 0 radical (unpaired) electrons. The van der Waals surface area contributed by atoms with Crippen molar-refractivity contribution in [1.82, 2.24) is 0 Å². The minimum atomic E-state index is -4.96. The van der Waals surface area contributed by atoms with Gasteiger partial charge in [-0.2, -0.15) is 0 Å². The molecule has 3 N–H and O–H groups in total. The van der Waals surface area contributed by atoms with E-state index in [1.807, 2.05) is 0 Å². The van der Waals surface area contributed by atoms with E-state index in [0.717, 1.165) is 114 Å². The van der Waals surface area contributed by atoms with Crippen molar-refractivity contribution in [3.05, 3.63) is 0 Å². The standard InChI is InChI=1S/C76H148O17P2/c1-8-9-10-11-12-36-43-50-57-73(78)86-63-71(93-76(81)60-53-46-39-32-26-29-35-42-49-56-69(6)7)65-90-94(82,83)88-61-70(77)62-89-95(84,85)91-66-72(64-87-74(79)58-51-44-37-30-24-20-17-16-19-23-28-34-41-48-55-68(4)5)92-75(80)59-52-45-38-31-25-21-15-13-14-18-22-27-33-40-47-54-67(2)3/h67-72,77H,8-66H2,1-7H3,(H,82,83)(H,84,85)/t70-,71+,72+/m0/s1. The number of carbonyl (C=O) groups is 4. The molecule has 0 aromatic carbocycles. The fourth-order valence-electron chi connectivity index (χ4n) is 11.6. The van der Waals surface area contributed by atoms with Gasteiger partial charge in [0.15, 0.2) is 12.2 Å². The summed E-state index contributed by atoms with van der Waals surface area (Å²) in [5.41, 5.74) is 0. The number of aliphatic hydroxyl groups excluding tert-OH is 1. The van der Waals surface area contributed by atoms with Gasteiger partial charge in [-0.25, -0.2) is 9.13 Å². The number of unbranched alkanes of at least 4 members (excludes halogenated alkanes) is 42. The molecule has 0 rings (SSSR count). The first-order valence-electron chi connectivity index (χ1n) is 39.3. The Morgan fingerprint density at radius 3 is 0.716 bits per heavy atom. The summed E-state index contributed by atoms with van der Waals surface area (Å²) in [4.78, 5) is 72.7. The molecule has 95 heavy (non-hydrogen) atoms. The lowest BCUT2D eigenvalue weighted by Gasteiger charge is -2.21. The third-order valence-electron chi connectivity index (χ3n) is 17.6. The fourth-order valence-corrected chi connectivity index (χ4v) is 13.2. The Morgan fingerprint density at radius 2 is 0.484 bits per heavy atom. The zero-order valence-corrected chi connectivity index (χ0v) is 63.9. The summed E-state index contributed by atoms with van der Waals surface area (Å²) < 4.78 is 68.5. The van der Waals surface area contributed by atoms with Gasteiger partial charge in [0.25, 0.3) is 0 Å². The minimum Gasteiger partial charge on any atom is -0.462 e. The van der Waals surface area contributed by atoms with Crippen LogP contribution in [0.15, 0.2) is 0 Å². The quantitative estimate of drug-likeness (QED) is 0.0222. The van der Waals surface area contributed by atoms with E-state index in [1.54, 1.807) is 0 Å². The first-order valence-corrected chi connectivity index (χ1v) is 42.3. The van der Waals surface area contributed by atoms with E-state index in [9.17, 15) is 43.2 Å². The second-order valence-electron chi connectivity index (χ2n) is 28.8. The molecule has 0 fully saturated rings. The normalized spacial score (nSPS) is 14.1. The molecule has 0 saturated heterocycles. The number of hydrogen-bond acceptors (Lipinski definition) is 15. The summed E-state index contributed by atoms with van der Waals surface area (Å²) >= 11 is 0. The maximum atomic E-state index is 13.1. The first kappa shape index (κ1) is 93.1. The smallest absolute Gasteiger partial charge is 0.462 e. The van der Waals surface area contributed by atoms with Crippen molar-refractivity contribution in [1.29, 1.82) is 0 Å². The fraction of sp³-hybridized carbons (Fsp3) is 0.947. The highest BCUT2D eigenvalue weighted by Gasteiger charge is 2.30. The molecule has 0 aromatic heterocycles. The topological polar surface area (TPSA) is 237 Å². The highest BCUT2D eigenvalue weighted by Crippen LogP contribution is 2.45. The van der Waals surface area contributed by atoms with Gasteiger partial charge in [-0.3, -0.25) is 37.3 Å². The Morgan fingerprint density at radius 1 is 0.284 bits per heavy atom. The van der Waals surface area contributed by atoms with Gasteiger partial charge in [0.2, 0.25) is 0 Å². The van der Waals surface area contributed by atoms with E-state index in [4.69, 9.17) is 37.0 Å². The lowest BCUT2D eigenvalue weighted by atomic mass is 10.0. The van der Waals surface area contributed by atoms with Crippen LogP contribution in [0.25, 0.3) is 0 Å². The van der Waals surface area contributed by atoms with Crippen molar-refractivity contribution in [3.63, 3.8) is 0 Å². The molecular weight excluding hydrogens is 1250 g/mol. The Labute approximate surface area is 581 Å². The number of carbonyl (C=O) groups excluding carboxylic acids is 4. The molecule has 0 spiro atoms. The van der Waals surface area contributed by atoms with Gasteiger partial charge >= 0.3 is 39.5 Å². The highest BCUT2D eigenvalue weighted by atomic mass is 31.2. The number of phosphoric ester groups is 2. The Hall–Kier alpha value is -1.94. The van der Waals surface area contributed by atoms with Gasteiger partial charge in [-0.1, -0.05) is 337 Å². The summed E-state index contributed by atoms with van der Waals surface area (Å²) in [7, 11) is -9.91. The predicted molar refractivity (Wildman–Crippen MR) is 386 cm³/mol. The molecule has 0 aromatic rings. The number of phosphoric acid groups is 2. The van der Waals surface area contributed by atoms with Crippen LogP contribution in [0, 0.1) is 17.8 Å². The SMILES string of the molecule is CCCCCCCCCCC(=O)OC[C@H](COP(=O)(O)OC[C@H](O)COP(=O)(O)OC[C@@H](COC(=O)CCCCCCCCCCCCCCCCC(C)C)OC(=O)CCCCCCCCCCCCCCCCCC(C)C)OC(=O)CCCCCCCCCCCC(C)C. The molecule has 0 aliphatic carbocycles. The van der Waals surface area contributed by atoms with Gasteiger partial charge in [-0.05, 0) is 43.4 Å². The van der Waals surface area contributed by atoms with Crippen LogP contribution in [0.3, 0.4) is 0 Å². The molecule has 17 nitrogen and oxygen atoms in total. The van der Waals surface area contributed by atoms with Gasteiger partial charge in [0.05, 0.1) is 26.4 Å². The van der Waals surface area contributed by atoms with Crippen molar-refractivity contribution in [3.8, 4) is 0 Å². The van der Waals surface area contributed by atoms with E-state index in [1.165, 1.54) is 193 Å². The average molecular weight is 1400 g/mol. The molecule has 0 heterocycles. The van der Waals surface area contributed by atoms with E-state index >= 15 is 0 Å². The first-order chi connectivity index (χ1) is 45.7. The minimum absolute atomic E-state index is 0.105. The van der Waals surface area contributed by atoms with Crippen LogP contribution in [0.4, 0.5) is 0 Å². The summed E-state index contributed by atoms with van der Waals surface area (Å²) in [6.07, 6.45) is 52.8. The van der Waals surface area contributed by atoms with Crippen molar-refractivity contribution in [2.75, 3.05) is 39.6 Å². The van der Waals surface area contributed by atoms with E-state index in [2.05, 4.69) is 48.5 Å². The molecule has 5 atom stereocenters. The number of ether oxygens (including phenoxy) is 4. The van der Waals surface area contributed by atoms with E-state index in [0.29, 0.717) is 25.7 Å². The van der Waals surface area contributed by atoms with Crippen molar-refractivity contribution >= 4 is 39.5 Å². The molecule has 19 heteroatoms. The summed E-state index contributed by atoms with van der Waals surface area (Å²) in [5.74, 6) is 0.218. The largest absolute Gasteiger partial charge is 0.472 e. The maximum absolute atomic E-state index is 13.1. The maximum Gasteiger partial charge on any atom is 0.472 e. The number of aliphatic hydroxyl groups is 1. The predicted octanol–water partition coefficient (Wildman–Crippen LogP) is 22.2. The molecule has 564 valence electrons. The van der Waals surface area contributed by atoms with E-state index in [-0.39, 0.29) is 25.7 Å². The summed E-state index contributed by atoms with van der Waals surface area (Å²) in [6.45, 7) is 11.9. The molecule has 2 unspecified atom stereocenters. The Kier molecular flexibility index (Phi) is 65.2. The van der Waals surface area contributed by atoms with Crippen LogP contribution in [0.2, 0.25) is 0 Å². The summed E-state index contributed by atoms with van der Waals surface area (Å²) in [6, 6.07) is 0. The van der Waals surface area contributed by atoms with Crippen LogP contribution in [-0.2, 0) is 65.4 Å². The molecule has 0 aliphatic rings. The molecule has 0 amide bonds. The second-order valence-corrected chi connectivity index (χ2v) is 31.7.